The molecule has 26 aromatic rings. The van der Waals surface area contributed by atoms with Crippen LogP contribution in [0.2, 0.25) is 0 Å². The van der Waals surface area contributed by atoms with Gasteiger partial charge in [0.15, 0.2) is 0 Å². The van der Waals surface area contributed by atoms with Crippen molar-refractivity contribution < 1.29 is 0 Å². The Morgan fingerprint density at radius 1 is 0.142 bits per heavy atom. The second-order valence-corrected chi connectivity index (χ2v) is 41.2. The number of rotatable bonds is 8. The fraction of sp³-hybridized carbons (Fsp3) is 0.0278. The number of fused-ring (bicyclic) bond motifs is 48. The van der Waals surface area contributed by atoms with E-state index in [1.54, 1.807) is 0 Å². The molecule has 0 N–H and O–H groups in total. The van der Waals surface area contributed by atoms with Crippen molar-refractivity contribution in [3.05, 3.63) is 623 Å². The summed E-state index contributed by atoms with van der Waals surface area (Å²) in [5.41, 5.74) is 53.3. The lowest BCUT2D eigenvalue weighted by molar-refractivity contribution is 0.748. The van der Waals surface area contributed by atoms with Crippen LogP contribution in [-0.2, 0) is 21.7 Å². The third-order valence-electron chi connectivity index (χ3n) is 34.8. The third-order valence-corrected chi connectivity index (χ3v) is 34.8. The van der Waals surface area contributed by atoms with Crippen LogP contribution < -0.4 is 9.80 Å². The lowest BCUT2D eigenvalue weighted by atomic mass is 9.65. The Hall–Kier alpha value is -19.0. The summed E-state index contributed by atoms with van der Waals surface area (Å²) in [6.45, 7) is 0. The molecule has 4 nitrogen and oxygen atoms in total. The number of hydrogen-bond donors (Lipinski definition) is 0. The van der Waals surface area contributed by atoms with Crippen LogP contribution in [0.15, 0.2) is 534 Å². The summed E-state index contributed by atoms with van der Waals surface area (Å²) >= 11 is 0. The first kappa shape index (κ1) is 81.5. The van der Waals surface area contributed by atoms with E-state index in [1.165, 1.54) is 255 Å². The minimum absolute atomic E-state index is 0.521. The van der Waals surface area contributed by atoms with Crippen molar-refractivity contribution in [3.63, 3.8) is 0 Å². The first-order chi connectivity index (χ1) is 73.5. The molecule has 2 unspecified atom stereocenters. The normalized spacial score (nSPS) is 15.5. The summed E-state index contributed by atoms with van der Waals surface area (Å²) in [5, 5.41) is 10.0. The quantitative estimate of drug-likeness (QED) is 0.151. The summed E-state index contributed by atoms with van der Waals surface area (Å²) < 4.78 is 5.08. The zero-order valence-corrected chi connectivity index (χ0v) is 80.6. The largest absolute Gasteiger partial charge is 0.310 e. The number of hydrogen-bond acceptors (Lipinski definition) is 2. The van der Waals surface area contributed by atoms with E-state index in [2.05, 4.69) is 553 Å². The van der Waals surface area contributed by atoms with Crippen molar-refractivity contribution >= 4 is 99.3 Å². The molecule has 0 bridgehead atoms. The molecule has 0 saturated carbocycles. The average molecular weight is 1870 g/mol. The molecule has 2 aromatic heterocycles. The summed E-state index contributed by atoms with van der Waals surface area (Å²) in [5.74, 6) is 0. The smallest absolute Gasteiger partial charge is 0.0755 e. The number of anilines is 6. The minimum atomic E-state index is -0.615. The number of para-hydroxylation sites is 7. The van der Waals surface area contributed by atoms with Crippen LogP contribution >= 0.6 is 0 Å². The highest BCUT2D eigenvalue weighted by Crippen LogP contribution is 2.71. The van der Waals surface area contributed by atoms with Gasteiger partial charge < -0.3 is 18.9 Å². The van der Waals surface area contributed by atoms with E-state index in [4.69, 9.17) is 0 Å². The Labute approximate surface area is 856 Å². The molecule has 2 atom stereocenters. The molecule has 148 heavy (non-hydrogen) atoms. The van der Waals surface area contributed by atoms with Crippen LogP contribution in [0, 0.1) is 0 Å². The summed E-state index contributed by atoms with van der Waals surface area (Å²) in [6.07, 6.45) is 0. The van der Waals surface area contributed by atoms with Crippen molar-refractivity contribution in [1.82, 2.24) is 9.13 Å². The third kappa shape index (κ3) is 10.3. The van der Waals surface area contributed by atoms with E-state index in [0.717, 1.165) is 34.1 Å². The highest BCUT2D eigenvalue weighted by molar-refractivity contribution is 6.19. The average Bonchev–Trinajstić information content (AvgIpc) is 1.49. The lowest BCUT2D eigenvalue weighted by Gasteiger charge is -2.40. The van der Waals surface area contributed by atoms with Gasteiger partial charge in [0.05, 0.1) is 72.2 Å². The van der Waals surface area contributed by atoms with Crippen molar-refractivity contribution in [3.8, 4) is 100 Å². The van der Waals surface area contributed by atoms with Crippen LogP contribution in [0.1, 0.15) is 89.0 Å². The van der Waals surface area contributed by atoms with Crippen molar-refractivity contribution in [1.29, 1.82) is 0 Å². The van der Waals surface area contributed by atoms with Crippen LogP contribution in [-0.4, -0.2) is 9.13 Å². The molecule has 0 amide bonds. The fourth-order valence-corrected chi connectivity index (χ4v) is 29.4. The van der Waals surface area contributed by atoms with Gasteiger partial charge in [-0.3, -0.25) is 0 Å². The maximum Gasteiger partial charge on any atom is 0.0755 e. The second kappa shape index (κ2) is 30.3. The van der Waals surface area contributed by atoms with Crippen LogP contribution in [0.4, 0.5) is 34.1 Å². The van der Waals surface area contributed by atoms with Crippen molar-refractivity contribution in [2.45, 2.75) is 21.7 Å². The van der Waals surface area contributed by atoms with Crippen molar-refractivity contribution in [2.24, 2.45) is 0 Å². The van der Waals surface area contributed by atoms with Crippen LogP contribution in [0.25, 0.3) is 166 Å². The molecular formula is C144H88N4. The maximum atomic E-state index is 2.61. The molecule has 24 aromatic carbocycles. The summed E-state index contributed by atoms with van der Waals surface area (Å²) in [6, 6.07) is 202. The van der Waals surface area contributed by atoms with E-state index in [1.807, 2.05) is 0 Å². The van der Waals surface area contributed by atoms with Gasteiger partial charge in [-0.25, -0.2) is 0 Å². The van der Waals surface area contributed by atoms with Gasteiger partial charge in [0.25, 0.3) is 0 Å². The Morgan fingerprint density at radius 2 is 0.419 bits per heavy atom. The first-order valence-electron chi connectivity index (χ1n) is 51.9. The number of benzene rings is 24. The molecule has 4 heterocycles. The molecule has 684 valence electrons. The molecule has 4 heteroatoms. The molecule has 0 fully saturated rings. The Kier molecular flexibility index (Phi) is 16.7. The topological polar surface area (TPSA) is 16.3 Å². The predicted octanol–water partition coefficient (Wildman–Crippen LogP) is 36.2. The number of aromatic nitrogens is 2. The number of nitrogens with zero attached hydrogens (tertiary/aromatic N) is 4. The highest BCUT2D eigenvalue weighted by atomic mass is 15.2. The zero-order valence-electron chi connectivity index (χ0n) is 80.6. The molecule has 6 aliphatic carbocycles. The standard InChI is InChI=1S/2C72H44N2/c1-2-21-45(22-3-1)47-23-10-17-38-65(47)73(68-44-64-69(54-29-5-4-27-52(54)68)56-30-9-15-35-60(56)71(64)57-32-12-6-24-48(57)49-25-7-13-33-58(49)71)46-41-42-51-50-26-8-14-34-59(50)72(63(51)43-46)61-36-16-19-40-67(61)74-66-39-18-11-28-53(66)55-31-20-37-62(72)70(55)74;1-2-19-45(20-3-1)46-37-39-47(40-38-46)73(68-44-65-69(55-26-5-4-24-53(55)68)57-27-9-14-32-61(57)71(65)58-29-11-6-21-49(58)50-22-7-12-30-59(50)71)48-41-42-52-51-23-8-13-31-60(51)72(64(52)43-48)62-33-15-17-36-67(62)74-66-35-16-10-25-54(66)56-28-18-34-63(72)70(56)74/h2*1-44H. The Morgan fingerprint density at radius 3 is 0.838 bits per heavy atom. The summed E-state index contributed by atoms with van der Waals surface area (Å²) in [7, 11) is 0. The van der Waals surface area contributed by atoms with E-state index in [9.17, 15) is 0 Å². The van der Waals surface area contributed by atoms with Gasteiger partial charge in [-0.15, -0.1) is 0 Å². The van der Waals surface area contributed by atoms with Gasteiger partial charge in [-0.2, -0.15) is 0 Å². The van der Waals surface area contributed by atoms with E-state index < -0.39 is 21.7 Å². The molecule has 0 saturated heterocycles. The highest BCUT2D eigenvalue weighted by Gasteiger charge is 2.58. The van der Waals surface area contributed by atoms with Gasteiger partial charge in [0, 0.05) is 54.9 Å². The molecule has 4 spiro atoms. The van der Waals surface area contributed by atoms with Crippen LogP contribution in [0.5, 0.6) is 0 Å². The van der Waals surface area contributed by atoms with Gasteiger partial charge in [0.2, 0.25) is 0 Å². The fourth-order valence-electron chi connectivity index (χ4n) is 29.4. The van der Waals surface area contributed by atoms with Crippen molar-refractivity contribution in [2.75, 3.05) is 9.80 Å². The van der Waals surface area contributed by atoms with Gasteiger partial charge in [0.1, 0.15) is 0 Å². The SMILES string of the molecule is c1ccc(-c2ccc(N(c3ccc4c(c3)C3(c5ccccc5-4)c4ccccc4-n4c5ccccc5c5cccc3c54)c3cc4c(c5ccccc35)-c3ccccc3C43c4ccccc4-c4ccccc43)cc2)cc1.c1ccc(-c2ccccc2N(c2ccc3c(c2)C2(c4ccccc4-3)c3ccccc3-n3c4ccccc4c4cccc2c43)c2cc3c(c4ccccc24)-c2ccccc2C32c3ccccc3-c3ccccc32)cc1. The predicted molar refractivity (Wildman–Crippen MR) is 611 cm³/mol. The van der Waals surface area contributed by atoms with Gasteiger partial charge >= 0.3 is 0 Å². The molecule has 8 aliphatic rings. The monoisotopic (exact) mass is 1870 g/mol. The van der Waals surface area contributed by atoms with E-state index in [0.29, 0.717) is 0 Å². The Balaban J connectivity index is 0.000000129. The summed E-state index contributed by atoms with van der Waals surface area (Å²) in [4.78, 5) is 5.18. The second-order valence-electron chi connectivity index (χ2n) is 41.2. The van der Waals surface area contributed by atoms with E-state index in [-0.39, 0.29) is 0 Å². The van der Waals surface area contributed by atoms with Gasteiger partial charge in [-0.05, 0) is 262 Å². The Bertz CT molecular complexity index is 10200. The molecular weight excluding hydrogens is 1790 g/mol. The zero-order chi connectivity index (χ0) is 96.6. The molecule has 2 aliphatic heterocycles. The minimum Gasteiger partial charge on any atom is -0.310 e. The maximum absolute atomic E-state index is 2.61. The van der Waals surface area contributed by atoms with E-state index >= 15 is 0 Å². The first-order valence-corrected chi connectivity index (χ1v) is 51.9. The lowest BCUT2D eigenvalue weighted by Crippen LogP contribution is -2.33. The molecule has 34 rings (SSSR count). The van der Waals surface area contributed by atoms with Crippen LogP contribution in [0.3, 0.4) is 0 Å². The molecule has 0 radical (unpaired) electrons. The van der Waals surface area contributed by atoms with Gasteiger partial charge in [-0.1, -0.05) is 455 Å².